The van der Waals surface area contributed by atoms with Crippen molar-refractivity contribution in [2.75, 3.05) is 19.4 Å². The van der Waals surface area contributed by atoms with E-state index in [-0.39, 0.29) is 29.6 Å². The quantitative estimate of drug-likeness (QED) is 0.410. The summed E-state index contributed by atoms with van der Waals surface area (Å²) in [5, 5.41) is 1.89. The van der Waals surface area contributed by atoms with Gasteiger partial charge in [0, 0.05) is 12.3 Å². The second-order valence-electron chi connectivity index (χ2n) is 6.91. The summed E-state index contributed by atoms with van der Waals surface area (Å²) in [6.07, 6.45) is 0.878. The molecule has 1 aromatic carbocycles. The van der Waals surface area contributed by atoms with Crippen LogP contribution in [0.15, 0.2) is 36.5 Å². The molecule has 0 atom stereocenters. The first-order valence-corrected chi connectivity index (χ1v) is 11.8. The van der Waals surface area contributed by atoms with Gasteiger partial charge in [-0.15, -0.1) is 0 Å². The Hall–Kier alpha value is -3.71. The van der Waals surface area contributed by atoms with Gasteiger partial charge >= 0.3 is 6.09 Å². The standard InChI is InChI=1S/C21H26N4O8S/c1-3-4-8-34(29,30)25-19(27)15-10-17(32-13-14-6-5-7-16(9-14)31-2)20(23-12-15)33-21(28)24-18(26)11-22/h5-7,9-10,12H,3-4,8,11,13,22H2,1-2H3,(H,25,27)(H,24,26,28). The Labute approximate surface area is 196 Å². The van der Waals surface area contributed by atoms with E-state index in [9.17, 15) is 22.8 Å². The smallest absolute Gasteiger partial charge is 0.420 e. The van der Waals surface area contributed by atoms with Crippen molar-refractivity contribution in [2.24, 2.45) is 5.73 Å². The van der Waals surface area contributed by atoms with E-state index in [0.717, 1.165) is 6.20 Å². The van der Waals surface area contributed by atoms with Gasteiger partial charge in [0.2, 0.25) is 15.9 Å². The number of aromatic nitrogens is 1. The summed E-state index contributed by atoms with van der Waals surface area (Å²) in [6, 6.07) is 8.11. The van der Waals surface area contributed by atoms with Gasteiger partial charge in [0.05, 0.1) is 25.0 Å². The maximum atomic E-state index is 12.5. The number of unbranched alkanes of at least 4 members (excludes halogenated alkanes) is 1. The molecular weight excluding hydrogens is 468 g/mol. The SMILES string of the molecule is CCCCS(=O)(=O)NC(=O)c1cnc(OC(=O)NC(=O)CN)c(OCc2cccc(OC)c2)c1. The second-order valence-corrected chi connectivity index (χ2v) is 8.75. The number of nitrogens with zero attached hydrogens (tertiary/aromatic N) is 1. The number of benzene rings is 1. The van der Waals surface area contributed by atoms with Crippen LogP contribution in [-0.2, 0) is 21.4 Å². The predicted octanol–water partition coefficient (Wildman–Crippen LogP) is 1.10. The van der Waals surface area contributed by atoms with Crippen molar-refractivity contribution in [3.05, 3.63) is 47.7 Å². The van der Waals surface area contributed by atoms with Crippen LogP contribution >= 0.6 is 0 Å². The minimum atomic E-state index is -3.84. The molecule has 1 heterocycles. The Balaban J connectivity index is 2.27. The van der Waals surface area contributed by atoms with Crippen molar-refractivity contribution in [2.45, 2.75) is 26.4 Å². The van der Waals surface area contributed by atoms with Gasteiger partial charge in [-0.2, -0.15) is 0 Å². The summed E-state index contributed by atoms with van der Waals surface area (Å²) < 4.78 is 41.9. The van der Waals surface area contributed by atoms with E-state index >= 15 is 0 Å². The van der Waals surface area contributed by atoms with Crippen LogP contribution in [0.3, 0.4) is 0 Å². The third-order valence-corrected chi connectivity index (χ3v) is 5.56. The number of imide groups is 1. The topological polar surface area (TPSA) is 176 Å². The van der Waals surface area contributed by atoms with Gasteiger partial charge in [0.15, 0.2) is 5.75 Å². The molecule has 0 saturated carbocycles. The fourth-order valence-electron chi connectivity index (χ4n) is 2.52. The molecule has 4 N–H and O–H groups in total. The summed E-state index contributed by atoms with van der Waals surface area (Å²) in [6.45, 7) is 1.36. The van der Waals surface area contributed by atoms with Crippen molar-refractivity contribution in [3.8, 4) is 17.4 Å². The normalized spacial score (nSPS) is 10.8. The number of carbonyl (C=O) groups is 3. The lowest BCUT2D eigenvalue weighted by atomic mass is 10.2. The van der Waals surface area contributed by atoms with Crippen molar-refractivity contribution in [1.29, 1.82) is 0 Å². The molecule has 34 heavy (non-hydrogen) atoms. The molecular formula is C21H26N4O8S. The van der Waals surface area contributed by atoms with Gasteiger partial charge in [-0.1, -0.05) is 25.5 Å². The van der Waals surface area contributed by atoms with Crippen LogP contribution in [0.25, 0.3) is 0 Å². The first-order chi connectivity index (χ1) is 16.2. The van der Waals surface area contributed by atoms with E-state index in [4.69, 9.17) is 19.9 Å². The van der Waals surface area contributed by atoms with Gasteiger partial charge in [0.25, 0.3) is 11.8 Å². The number of ether oxygens (including phenoxy) is 3. The molecule has 0 fully saturated rings. The minimum absolute atomic E-state index is 0.0293. The Morgan fingerprint density at radius 1 is 1.18 bits per heavy atom. The zero-order valence-corrected chi connectivity index (χ0v) is 19.5. The summed E-state index contributed by atoms with van der Waals surface area (Å²) in [7, 11) is -2.33. The van der Waals surface area contributed by atoms with Gasteiger partial charge in [0.1, 0.15) is 12.4 Å². The highest BCUT2D eigenvalue weighted by molar-refractivity contribution is 7.90. The highest BCUT2D eigenvalue weighted by Crippen LogP contribution is 2.27. The number of hydrogen-bond acceptors (Lipinski definition) is 10. The Morgan fingerprint density at radius 2 is 1.94 bits per heavy atom. The third-order valence-electron chi connectivity index (χ3n) is 4.24. The third kappa shape index (κ3) is 8.33. The van der Waals surface area contributed by atoms with Crippen LogP contribution in [0, 0.1) is 0 Å². The van der Waals surface area contributed by atoms with Gasteiger partial charge < -0.3 is 19.9 Å². The second kappa shape index (κ2) is 12.5. The van der Waals surface area contributed by atoms with E-state index in [0.29, 0.717) is 24.2 Å². The zero-order chi connectivity index (χ0) is 25.1. The van der Waals surface area contributed by atoms with Crippen molar-refractivity contribution in [1.82, 2.24) is 15.0 Å². The van der Waals surface area contributed by atoms with E-state index < -0.39 is 34.5 Å². The van der Waals surface area contributed by atoms with E-state index in [1.165, 1.54) is 13.2 Å². The highest BCUT2D eigenvalue weighted by Gasteiger charge is 2.20. The molecule has 0 spiro atoms. The summed E-state index contributed by atoms with van der Waals surface area (Å²) in [5.41, 5.74) is 5.69. The number of sulfonamides is 1. The molecule has 0 aliphatic heterocycles. The van der Waals surface area contributed by atoms with Crippen LogP contribution in [-0.4, -0.2) is 50.7 Å². The van der Waals surface area contributed by atoms with Gasteiger partial charge in [-0.3, -0.25) is 14.9 Å². The zero-order valence-electron chi connectivity index (χ0n) is 18.7. The van der Waals surface area contributed by atoms with E-state index in [1.54, 1.807) is 24.3 Å². The molecule has 0 aliphatic carbocycles. The number of amides is 3. The molecule has 1 aromatic heterocycles. The summed E-state index contributed by atoms with van der Waals surface area (Å²) in [4.78, 5) is 39.6. The predicted molar refractivity (Wildman–Crippen MR) is 121 cm³/mol. The van der Waals surface area contributed by atoms with Gasteiger partial charge in [-0.05, 0) is 24.1 Å². The van der Waals surface area contributed by atoms with Crippen molar-refractivity contribution >= 4 is 27.9 Å². The Bertz CT molecular complexity index is 1140. The number of hydrogen-bond donors (Lipinski definition) is 3. The number of nitrogens with two attached hydrogens (primary N) is 1. The first-order valence-electron chi connectivity index (χ1n) is 10.2. The van der Waals surface area contributed by atoms with E-state index in [2.05, 4.69) is 4.98 Å². The monoisotopic (exact) mass is 494 g/mol. The lowest BCUT2D eigenvalue weighted by molar-refractivity contribution is -0.118. The number of carbonyl (C=O) groups excluding carboxylic acids is 3. The number of rotatable bonds is 11. The maximum Gasteiger partial charge on any atom is 0.420 e. The molecule has 0 bridgehead atoms. The van der Waals surface area contributed by atoms with Crippen LogP contribution < -0.4 is 30.0 Å². The average Bonchev–Trinajstić information content (AvgIpc) is 2.81. The molecule has 184 valence electrons. The van der Waals surface area contributed by atoms with Crippen LogP contribution in [0.5, 0.6) is 17.4 Å². The molecule has 0 aliphatic rings. The van der Waals surface area contributed by atoms with Crippen LogP contribution in [0.4, 0.5) is 4.79 Å². The molecule has 0 saturated heterocycles. The Morgan fingerprint density at radius 3 is 2.62 bits per heavy atom. The molecule has 2 aromatic rings. The maximum absolute atomic E-state index is 12.5. The minimum Gasteiger partial charge on any atom is -0.497 e. The van der Waals surface area contributed by atoms with E-state index in [1.807, 2.05) is 17.0 Å². The van der Waals surface area contributed by atoms with Gasteiger partial charge in [-0.25, -0.2) is 22.9 Å². The molecule has 0 unspecified atom stereocenters. The number of methoxy groups -OCH3 is 1. The van der Waals surface area contributed by atoms with Crippen LogP contribution in [0.1, 0.15) is 35.7 Å². The molecule has 0 radical (unpaired) electrons. The molecule has 3 amide bonds. The summed E-state index contributed by atoms with van der Waals surface area (Å²) >= 11 is 0. The largest absolute Gasteiger partial charge is 0.497 e. The number of nitrogens with one attached hydrogen (secondary N) is 2. The molecule has 12 nitrogen and oxygen atoms in total. The lowest BCUT2D eigenvalue weighted by Gasteiger charge is -2.13. The van der Waals surface area contributed by atoms with Crippen molar-refractivity contribution < 1.29 is 37.0 Å². The Kier molecular flexibility index (Phi) is 9.76. The molecule has 2 rings (SSSR count). The summed E-state index contributed by atoms with van der Waals surface area (Å²) in [5.74, 6) is -1.83. The fraction of sp³-hybridized carbons (Fsp3) is 0.333. The highest BCUT2D eigenvalue weighted by atomic mass is 32.2. The fourth-order valence-corrected chi connectivity index (χ4v) is 3.69. The van der Waals surface area contributed by atoms with Crippen molar-refractivity contribution in [3.63, 3.8) is 0 Å². The van der Waals surface area contributed by atoms with Crippen LogP contribution in [0.2, 0.25) is 0 Å². The number of pyridine rings is 1. The first kappa shape index (κ1) is 26.5. The lowest BCUT2D eigenvalue weighted by Crippen LogP contribution is -2.37. The average molecular weight is 495 g/mol. The molecule has 13 heteroatoms.